The van der Waals surface area contributed by atoms with Gasteiger partial charge in [0.2, 0.25) is 0 Å². The summed E-state index contributed by atoms with van der Waals surface area (Å²) >= 11 is 0. The second-order valence-electron chi connectivity index (χ2n) is 6.42. The first-order valence-corrected chi connectivity index (χ1v) is 8.08. The number of hydrogen-bond acceptors (Lipinski definition) is 3. The summed E-state index contributed by atoms with van der Waals surface area (Å²) in [4.78, 5) is 2.38. The minimum atomic E-state index is -4.54. The number of nitrogens with zero attached hydrogens (tertiary/aromatic N) is 1. The second-order valence-corrected chi connectivity index (χ2v) is 6.42. The van der Waals surface area contributed by atoms with Gasteiger partial charge in [-0.3, -0.25) is 4.90 Å². The highest BCUT2D eigenvalue weighted by molar-refractivity contribution is 5.21. The summed E-state index contributed by atoms with van der Waals surface area (Å²) in [6, 6.07) is 8.50. The zero-order chi connectivity index (χ0) is 16.9. The fourth-order valence-electron chi connectivity index (χ4n) is 2.84. The lowest BCUT2D eigenvalue weighted by Gasteiger charge is -2.32. The van der Waals surface area contributed by atoms with Gasteiger partial charge >= 0.3 is 6.18 Å². The van der Waals surface area contributed by atoms with Crippen molar-refractivity contribution in [3.63, 3.8) is 0 Å². The number of benzene rings is 1. The smallest absolute Gasteiger partial charge is 0.382 e. The zero-order valence-corrected chi connectivity index (χ0v) is 13.4. The molecule has 1 heterocycles. The number of aryl methyl sites for hydroxylation is 1. The fraction of sp³-hybridized carbons (Fsp3) is 0.647. The monoisotopic (exact) mass is 330 g/mol. The van der Waals surface area contributed by atoms with Crippen LogP contribution in [0.3, 0.4) is 0 Å². The van der Waals surface area contributed by atoms with Crippen molar-refractivity contribution < 1.29 is 18.3 Å². The van der Waals surface area contributed by atoms with Gasteiger partial charge in [-0.25, -0.2) is 0 Å². The van der Waals surface area contributed by atoms with Gasteiger partial charge in [-0.05, 0) is 50.9 Å². The van der Waals surface area contributed by atoms with Gasteiger partial charge in [-0.2, -0.15) is 13.2 Å². The maximum Gasteiger partial charge on any atom is 0.415 e. The van der Waals surface area contributed by atoms with Crippen molar-refractivity contribution in [2.24, 2.45) is 5.92 Å². The number of likely N-dealkylation sites (tertiary alicyclic amines) is 1. The van der Waals surface area contributed by atoms with Gasteiger partial charge in [-0.1, -0.05) is 29.8 Å². The van der Waals surface area contributed by atoms with Crippen molar-refractivity contribution in [1.29, 1.82) is 0 Å². The van der Waals surface area contributed by atoms with Crippen LogP contribution in [0, 0.1) is 12.8 Å². The molecule has 130 valence electrons. The molecule has 23 heavy (non-hydrogen) atoms. The summed E-state index contributed by atoms with van der Waals surface area (Å²) in [5.41, 5.74) is 2.54. The molecule has 0 amide bonds. The van der Waals surface area contributed by atoms with E-state index in [-0.39, 0.29) is 0 Å². The van der Waals surface area contributed by atoms with E-state index in [9.17, 15) is 13.2 Å². The molecule has 3 nitrogen and oxygen atoms in total. The van der Waals surface area contributed by atoms with Crippen LogP contribution in [0.1, 0.15) is 24.0 Å². The molecule has 0 saturated carbocycles. The first kappa shape index (κ1) is 18.2. The van der Waals surface area contributed by atoms with E-state index < -0.39 is 18.8 Å². The molecule has 1 aliphatic heterocycles. The van der Waals surface area contributed by atoms with Crippen LogP contribution >= 0.6 is 0 Å². The van der Waals surface area contributed by atoms with E-state index in [0.29, 0.717) is 12.5 Å². The third-order valence-electron chi connectivity index (χ3n) is 4.38. The average molecular weight is 330 g/mol. The Kier molecular flexibility index (Phi) is 6.44. The molecular weight excluding hydrogens is 305 g/mol. The van der Waals surface area contributed by atoms with E-state index in [1.165, 1.54) is 11.1 Å². The van der Waals surface area contributed by atoms with Gasteiger partial charge in [0.05, 0.1) is 0 Å². The Morgan fingerprint density at radius 2 is 1.83 bits per heavy atom. The van der Waals surface area contributed by atoms with Crippen molar-refractivity contribution in [1.82, 2.24) is 10.2 Å². The molecule has 2 N–H and O–H groups in total. The van der Waals surface area contributed by atoms with Crippen molar-refractivity contribution in [2.75, 3.05) is 26.2 Å². The van der Waals surface area contributed by atoms with E-state index in [4.69, 9.17) is 5.11 Å². The molecule has 0 aliphatic carbocycles. The molecule has 1 aromatic rings. The second kappa shape index (κ2) is 8.13. The third kappa shape index (κ3) is 6.12. The van der Waals surface area contributed by atoms with Crippen molar-refractivity contribution in [3.05, 3.63) is 35.4 Å². The van der Waals surface area contributed by atoms with Crippen molar-refractivity contribution >= 4 is 0 Å². The van der Waals surface area contributed by atoms with Crippen LogP contribution in [0.2, 0.25) is 0 Å². The summed E-state index contributed by atoms with van der Waals surface area (Å²) in [6.45, 7) is 5.02. The van der Waals surface area contributed by atoms with Crippen molar-refractivity contribution in [3.8, 4) is 0 Å². The maximum atomic E-state index is 12.2. The highest BCUT2D eigenvalue weighted by Crippen LogP contribution is 2.21. The first-order valence-electron chi connectivity index (χ1n) is 8.08. The molecular formula is C17H25F3N2O. The van der Waals surface area contributed by atoms with Crippen LogP contribution < -0.4 is 5.32 Å². The normalized spacial score (nSPS) is 19.0. The Labute approximate surface area is 135 Å². The van der Waals surface area contributed by atoms with Gasteiger partial charge in [0.1, 0.15) is 0 Å². The van der Waals surface area contributed by atoms with Crippen LogP contribution in [0.15, 0.2) is 24.3 Å². The van der Waals surface area contributed by atoms with Gasteiger partial charge < -0.3 is 10.4 Å². The van der Waals surface area contributed by atoms with Crippen molar-refractivity contribution in [2.45, 2.75) is 38.6 Å². The SMILES string of the molecule is Cc1ccc(CN2CCC(CNC[C@H](O)C(F)(F)F)CC2)cc1. The molecule has 0 unspecified atom stereocenters. The summed E-state index contributed by atoms with van der Waals surface area (Å²) in [6.07, 6.45) is -4.86. The Balaban J connectivity index is 1.65. The Hall–Kier alpha value is -1.11. The maximum absolute atomic E-state index is 12.2. The molecule has 0 aromatic heterocycles. The molecule has 0 spiro atoms. The van der Waals surface area contributed by atoms with Crippen LogP contribution in [-0.4, -0.2) is 48.5 Å². The molecule has 1 aromatic carbocycles. The summed E-state index contributed by atoms with van der Waals surface area (Å²) < 4.78 is 36.6. The summed E-state index contributed by atoms with van der Waals surface area (Å²) in [5, 5.41) is 11.7. The van der Waals surface area contributed by atoms with Crippen LogP contribution in [0.5, 0.6) is 0 Å². The van der Waals surface area contributed by atoms with Crippen LogP contribution in [0.4, 0.5) is 13.2 Å². The van der Waals surface area contributed by atoms with Gasteiger partial charge in [0.15, 0.2) is 6.10 Å². The summed E-state index contributed by atoms with van der Waals surface area (Å²) in [5.74, 6) is 0.379. The number of piperidine rings is 1. The van der Waals surface area contributed by atoms with Gasteiger partial charge in [0, 0.05) is 13.1 Å². The molecule has 1 fully saturated rings. The predicted molar refractivity (Wildman–Crippen MR) is 84.1 cm³/mol. The van der Waals surface area contributed by atoms with Gasteiger partial charge in [-0.15, -0.1) is 0 Å². The Bertz CT molecular complexity index is 468. The average Bonchev–Trinajstić information content (AvgIpc) is 2.50. The minimum absolute atomic E-state index is 0.379. The van der Waals surface area contributed by atoms with E-state index in [1.54, 1.807) is 0 Å². The Morgan fingerprint density at radius 1 is 1.22 bits per heavy atom. The van der Waals surface area contributed by atoms with Crippen LogP contribution in [-0.2, 0) is 6.54 Å². The zero-order valence-electron chi connectivity index (χ0n) is 13.4. The first-order chi connectivity index (χ1) is 10.8. The Morgan fingerprint density at radius 3 is 2.39 bits per heavy atom. The highest BCUT2D eigenvalue weighted by Gasteiger charge is 2.37. The number of nitrogens with one attached hydrogen (secondary N) is 1. The molecule has 0 bridgehead atoms. The number of aliphatic hydroxyl groups is 1. The fourth-order valence-corrected chi connectivity index (χ4v) is 2.84. The van der Waals surface area contributed by atoms with E-state index in [2.05, 4.69) is 41.4 Å². The number of alkyl halides is 3. The predicted octanol–water partition coefficient (Wildman–Crippen LogP) is 2.72. The highest BCUT2D eigenvalue weighted by atomic mass is 19.4. The minimum Gasteiger partial charge on any atom is -0.382 e. The topological polar surface area (TPSA) is 35.5 Å². The quantitative estimate of drug-likeness (QED) is 0.842. The van der Waals surface area contributed by atoms with Gasteiger partial charge in [0.25, 0.3) is 0 Å². The lowest BCUT2D eigenvalue weighted by molar-refractivity contribution is -0.201. The lowest BCUT2D eigenvalue weighted by Crippen LogP contribution is -2.42. The molecule has 0 radical (unpaired) electrons. The van der Waals surface area contributed by atoms with Crippen LogP contribution in [0.25, 0.3) is 0 Å². The number of rotatable bonds is 6. The number of hydrogen-bond donors (Lipinski definition) is 2. The number of aliphatic hydroxyl groups excluding tert-OH is 1. The molecule has 6 heteroatoms. The van der Waals surface area contributed by atoms with E-state index >= 15 is 0 Å². The van der Waals surface area contributed by atoms with E-state index in [1.807, 2.05) is 0 Å². The summed E-state index contributed by atoms with van der Waals surface area (Å²) in [7, 11) is 0. The van der Waals surface area contributed by atoms with E-state index in [0.717, 1.165) is 32.5 Å². The number of halogens is 3. The molecule has 1 aliphatic rings. The lowest BCUT2D eigenvalue weighted by atomic mass is 9.96. The molecule has 2 rings (SSSR count). The largest absolute Gasteiger partial charge is 0.415 e. The standard InChI is InChI=1S/C17H25F3N2O/c1-13-2-4-15(5-3-13)12-22-8-6-14(7-9-22)10-21-11-16(23)17(18,19)20/h2-5,14,16,21,23H,6-12H2,1H3/t16-/m0/s1. The third-order valence-corrected chi connectivity index (χ3v) is 4.38. The molecule has 1 atom stereocenters. The molecule has 1 saturated heterocycles.